The third-order valence-corrected chi connectivity index (χ3v) is 3.62. The molecular weight excluding hydrogens is 276 g/mol. The van der Waals surface area contributed by atoms with Crippen molar-refractivity contribution in [3.05, 3.63) is 76.7 Å². The first kappa shape index (κ1) is 14.1. The molecule has 3 rings (SSSR count). The number of amides is 1. The average molecular weight is 292 g/mol. The summed E-state index contributed by atoms with van der Waals surface area (Å²) in [5.74, 6) is -0.216. The van der Waals surface area contributed by atoms with Crippen molar-refractivity contribution >= 4 is 22.4 Å². The molecule has 0 unspecified atom stereocenters. The molecule has 0 radical (unpaired) electrons. The van der Waals surface area contributed by atoms with Gasteiger partial charge in [-0.3, -0.25) is 9.59 Å². The number of aromatic nitrogens is 1. The van der Waals surface area contributed by atoms with E-state index in [1.807, 2.05) is 55.5 Å². The van der Waals surface area contributed by atoms with Crippen molar-refractivity contribution in [1.29, 1.82) is 0 Å². The SMILES string of the molecule is Cc1ccccc1NC(=O)Cn1ccc2ccccc2c1=O. The second-order valence-electron chi connectivity index (χ2n) is 5.20. The summed E-state index contributed by atoms with van der Waals surface area (Å²) < 4.78 is 1.43. The van der Waals surface area contributed by atoms with Crippen LogP contribution in [0.1, 0.15) is 5.56 Å². The third kappa shape index (κ3) is 2.76. The van der Waals surface area contributed by atoms with Crippen molar-refractivity contribution in [2.75, 3.05) is 5.32 Å². The van der Waals surface area contributed by atoms with Gasteiger partial charge >= 0.3 is 0 Å². The van der Waals surface area contributed by atoms with E-state index < -0.39 is 0 Å². The molecule has 0 bridgehead atoms. The Balaban J connectivity index is 1.84. The molecule has 1 heterocycles. The molecule has 110 valence electrons. The lowest BCUT2D eigenvalue weighted by atomic mass is 10.2. The number of fused-ring (bicyclic) bond motifs is 1. The molecule has 0 aliphatic rings. The molecule has 4 nitrogen and oxygen atoms in total. The first-order valence-corrected chi connectivity index (χ1v) is 7.09. The molecule has 0 atom stereocenters. The van der Waals surface area contributed by atoms with Crippen LogP contribution in [-0.2, 0) is 11.3 Å². The molecule has 3 aromatic rings. The number of para-hydroxylation sites is 1. The lowest BCUT2D eigenvalue weighted by molar-refractivity contribution is -0.116. The maximum atomic E-state index is 12.4. The van der Waals surface area contributed by atoms with Gasteiger partial charge in [0.15, 0.2) is 0 Å². The van der Waals surface area contributed by atoms with Crippen LogP contribution in [-0.4, -0.2) is 10.5 Å². The second kappa shape index (κ2) is 5.85. The predicted molar refractivity (Wildman–Crippen MR) is 88.0 cm³/mol. The summed E-state index contributed by atoms with van der Waals surface area (Å²) in [6, 6.07) is 16.8. The van der Waals surface area contributed by atoms with Gasteiger partial charge in [-0.05, 0) is 36.1 Å². The maximum absolute atomic E-state index is 12.4. The topological polar surface area (TPSA) is 51.1 Å². The number of anilines is 1. The van der Waals surface area contributed by atoms with Crippen molar-refractivity contribution in [2.24, 2.45) is 0 Å². The van der Waals surface area contributed by atoms with Crippen molar-refractivity contribution in [3.8, 4) is 0 Å². The van der Waals surface area contributed by atoms with E-state index in [0.717, 1.165) is 16.6 Å². The number of hydrogen-bond donors (Lipinski definition) is 1. The van der Waals surface area contributed by atoms with Crippen LogP contribution < -0.4 is 10.9 Å². The molecule has 0 saturated heterocycles. The normalized spacial score (nSPS) is 10.6. The summed E-state index contributed by atoms with van der Waals surface area (Å²) in [6.45, 7) is 1.93. The van der Waals surface area contributed by atoms with Crippen LogP contribution in [0.15, 0.2) is 65.6 Å². The fourth-order valence-corrected chi connectivity index (χ4v) is 2.41. The van der Waals surface area contributed by atoms with Crippen LogP contribution in [0, 0.1) is 6.92 Å². The highest BCUT2D eigenvalue weighted by Gasteiger charge is 2.08. The Morgan fingerprint density at radius 2 is 1.77 bits per heavy atom. The second-order valence-corrected chi connectivity index (χ2v) is 5.20. The molecule has 0 spiro atoms. The van der Waals surface area contributed by atoms with Gasteiger partial charge in [0.2, 0.25) is 5.91 Å². The largest absolute Gasteiger partial charge is 0.324 e. The van der Waals surface area contributed by atoms with Crippen molar-refractivity contribution in [2.45, 2.75) is 13.5 Å². The number of pyridine rings is 1. The van der Waals surface area contributed by atoms with Gasteiger partial charge in [0.25, 0.3) is 5.56 Å². The van der Waals surface area contributed by atoms with Crippen molar-refractivity contribution < 1.29 is 4.79 Å². The Morgan fingerprint density at radius 1 is 1.05 bits per heavy atom. The zero-order chi connectivity index (χ0) is 15.5. The van der Waals surface area contributed by atoms with Gasteiger partial charge < -0.3 is 9.88 Å². The number of benzene rings is 2. The van der Waals surface area contributed by atoms with Crippen LogP contribution in [0.2, 0.25) is 0 Å². The summed E-state index contributed by atoms with van der Waals surface area (Å²) >= 11 is 0. The number of carbonyl (C=O) groups is 1. The molecule has 0 saturated carbocycles. The van der Waals surface area contributed by atoms with Gasteiger partial charge in [-0.25, -0.2) is 0 Å². The monoisotopic (exact) mass is 292 g/mol. The van der Waals surface area contributed by atoms with Gasteiger partial charge in [0.1, 0.15) is 6.54 Å². The minimum absolute atomic E-state index is 0.00198. The summed E-state index contributed by atoms with van der Waals surface area (Å²) in [5, 5.41) is 4.33. The van der Waals surface area contributed by atoms with Crippen molar-refractivity contribution in [1.82, 2.24) is 4.57 Å². The van der Waals surface area contributed by atoms with E-state index in [0.29, 0.717) is 5.39 Å². The molecule has 0 fully saturated rings. The minimum Gasteiger partial charge on any atom is -0.324 e. The van der Waals surface area contributed by atoms with Crippen LogP contribution in [0.5, 0.6) is 0 Å². The van der Waals surface area contributed by atoms with Crippen LogP contribution in [0.3, 0.4) is 0 Å². The van der Waals surface area contributed by atoms with E-state index in [1.165, 1.54) is 4.57 Å². The quantitative estimate of drug-likeness (QED) is 0.807. The number of nitrogens with one attached hydrogen (secondary N) is 1. The summed E-state index contributed by atoms with van der Waals surface area (Å²) in [7, 11) is 0. The molecule has 1 N–H and O–H groups in total. The molecule has 0 aliphatic heterocycles. The lowest BCUT2D eigenvalue weighted by Crippen LogP contribution is -2.27. The number of nitrogens with zero attached hydrogens (tertiary/aromatic N) is 1. The lowest BCUT2D eigenvalue weighted by Gasteiger charge is -2.10. The first-order chi connectivity index (χ1) is 10.6. The van der Waals surface area contributed by atoms with Crippen molar-refractivity contribution in [3.63, 3.8) is 0 Å². The number of aryl methyl sites for hydroxylation is 1. The van der Waals surface area contributed by atoms with Crippen LogP contribution >= 0.6 is 0 Å². The van der Waals surface area contributed by atoms with Crippen LogP contribution in [0.25, 0.3) is 10.8 Å². The van der Waals surface area contributed by atoms with E-state index in [2.05, 4.69) is 5.32 Å². The maximum Gasteiger partial charge on any atom is 0.258 e. The Bertz CT molecular complexity index is 897. The Morgan fingerprint density at radius 3 is 2.59 bits per heavy atom. The highest BCUT2D eigenvalue weighted by Crippen LogP contribution is 2.13. The summed E-state index contributed by atoms with van der Waals surface area (Å²) in [6.07, 6.45) is 1.65. The number of carbonyl (C=O) groups excluding carboxylic acids is 1. The van der Waals surface area contributed by atoms with Gasteiger partial charge in [0, 0.05) is 17.3 Å². The molecule has 1 amide bonds. The van der Waals surface area contributed by atoms with E-state index in [4.69, 9.17) is 0 Å². The Hall–Kier alpha value is -2.88. The number of rotatable bonds is 3. The van der Waals surface area contributed by atoms with Gasteiger partial charge in [0.05, 0.1) is 0 Å². The zero-order valence-electron chi connectivity index (χ0n) is 12.2. The van der Waals surface area contributed by atoms with E-state index in [9.17, 15) is 9.59 Å². The first-order valence-electron chi connectivity index (χ1n) is 7.09. The fraction of sp³-hybridized carbons (Fsp3) is 0.111. The predicted octanol–water partition coefficient (Wildman–Crippen LogP) is 2.95. The van der Waals surface area contributed by atoms with E-state index >= 15 is 0 Å². The highest BCUT2D eigenvalue weighted by molar-refractivity contribution is 5.91. The molecule has 22 heavy (non-hydrogen) atoms. The van der Waals surface area contributed by atoms with E-state index in [-0.39, 0.29) is 18.0 Å². The van der Waals surface area contributed by atoms with Gasteiger partial charge in [-0.1, -0.05) is 36.4 Å². The minimum atomic E-state index is -0.216. The van der Waals surface area contributed by atoms with Gasteiger partial charge in [-0.15, -0.1) is 0 Å². The number of hydrogen-bond acceptors (Lipinski definition) is 2. The fourth-order valence-electron chi connectivity index (χ4n) is 2.41. The standard InChI is InChI=1S/C18H16N2O2/c1-13-6-2-5-9-16(13)19-17(21)12-20-11-10-14-7-3-4-8-15(14)18(20)22/h2-11H,12H2,1H3,(H,19,21). The van der Waals surface area contributed by atoms with E-state index in [1.54, 1.807) is 12.3 Å². The molecule has 2 aromatic carbocycles. The zero-order valence-corrected chi connectivity index (χ0v) is 12.2. The summed E-state index contributed by atoms with van der Waals surface area (Å²) in [4.78, 5) is 24.5. The Kier molecular flexibility index (Phi) is 3.74. The molecule has 0 aliphatic carbocycles. The smallest absolute Gasteiger partial charge is 0.258 e. The van der Waals surface area contributed by atoms with Gasteiger partial charge in [-0.2, -0.15) is 0 Å². The molecule has 1 aromatic heterocycles. The molecular formula is C18H16N2O2. The summed E-state index contributed by atoms with van der Waals surface area (Å²) in [5.41, 5.74) is 1.60. The Labute approximate surface area is 128 Å². The van der Waals surface area contributed by atoms with Crippen LogP contribution in [0.4, 0.5) is 5.69 Å². The third-order valence-electron chi connectivity index (χ3n) is 3.62. The highest BCUT2D eigenvalue weighted by atomic mass is 16.2. The average Bonchev–Trinajstić information content (AvgIpc) is 2.53. The molecule has 4 heteroatoms.